The van der Waals surface area contributed by atoms with E-state index in [1.165, 1.54) is 22.3 Å². The molecule has 5 nitrogen and oxygen atoms in total. The summed E-state index contributed by atoms with van der Waals surface area (Å²) < 4.78 is 17.5. The van der Waals surface area contributed by atoms with Gasteiger partial charge in [0.05, 0.1) is 26.7 Å². The summed E-state index contributed by atoms with van der Waals surface area (Å²) in [6, 6.07) is 27.4. The minimum absolute atomic E-state index is 0.191. The summed E-state index contributed by atoms with van der Waals surface area (Å²) >= 11 is 0. The Labute approximate surface area is 235 Å². The molecule has 3 atom stereocenters. The van der Waals surface area contributed by atoms with Crippen LogP contribution in [-0.2, 0) is 18.3 Å². The van der Waals surface area contributed by atoms with Crippen LogP contribution in [0.15, 0.2) is 84.9 Å². The second-order valence-electron chi connectivity index (χ2n) is 11.0. The maximum absolute atomic E-state index is 11.1. The number of rotatable bonds is 4. The smallest absolute Gasteiger partial charge is 0.123 e. The molecule has 1 N–H and O–H groups in total. The molecule has 3 heterocycles. The number of methoxy groups -OCH3 is 3. The average Bonchev–Trinajstić information content (AvgIpc) is 3.34. The van der Waals surface area contributed by atoms with E-state index in [2.05, 4.69) is 71.6 Å². The number of fused-ring (bicyclic) bond motifs is 6. The van der Waals surface area contributed by atoms with Gasteiger partial charge in [-0.05, 0) is 88.7 Å². The molecular weight excluding hydrogens is 498 g/mol. The molecule has 1 unspecified atom stereocenters. The van der Waals surface area contributed by atoms with Gasteiger partial charge < -0.3 is 19.3 Å². The van der Waals surface area contributed by atoms with Gasteiger partial charge in [0.15, 0.2) is 0 Å². The summed E-state index contributed by atoms with van der Waals surface area (Å²) in [5.41, 5.74) is 8.49. The summed E-state index contributed by atoms with van der Waals surface area (Å²) in [6.07, 6.45) is 4.24. The molecular formula is C35H33NO4. The lowest BCUT2D eigenvalue weighted by atomic mass is 9.68. The second-order valence-corrected chi connectivity index (χ2v) is 11.0. The van der Waals surface area contributed by atoms with Gasteiger partial charge in [-0.3, -0.25) is 4.90 Å². The Morgan fingerprint density at radius 3 is 2.40 bits per heavy atom. The molecule has 202 valence electrons. The van der Waals surface area contributed by atoms with Crippen LogP contribution in [0.25, 0.3) is 16.7 Å². The predicted octanol–water partition coefficient (Wildman–Crippen LogP) is 6.25. The fourth-order valence-electron chi connectivity index (χ4n) is 7.24. The van der Waals surface area contributed by atoms with Crippen molar-refractivity contribution >= 4 is 5.57 Å². The van der Waals surface area contributed by atoms with E-state index in [1.54, 1.807) is 21.3 Å². The van der Waals surface area contributed by atoms with E-state index in [1.807, 2.05) is 18.2 Å². The van der Waals surface area contributed by atoms with Crippen molar-refractivity contribution in [1.82, 2.24) is 4.90 Å². The van der Waals surface area contributed by atoms with E-state index in [-0.39, 0.29) is 6.04 Å². The van der Waals surface area contributed by atoms with E-state index in [4.69, 9.17) is 14.2 Å². The lowest BCUT2D eigenvalue weighted by Gasteiger charge is -2.46. The van der Waals surface area contributed by atoms with Crippen LogP contribution in [0.2, 0.25) is 0 Å². The molecule has 0 amide bonds. The normalized spacial score (nSPS) is 22.3. The molecule has 1 aliphatic carbocycles. The first-order valence-electron chi connectivity index (χ1n) is 13.8. The van der Waals surface area contributed by atoms with Crippen molar-refractivity contribution in [2.24, 2.45) is 0 Å². The Morgan fingerprint density at radius 2 is 1.60 bits per heavy atom. The molecule has 0 spiro atoms. The zero-order valence-electron chi connectivity index (χ0n) is 23.1. The quantitative estimate of drug-likeness (QED) is 0.337. The highest BCUT2D eigenvalue weighted by atomic mass is 16.5. The Kier molecular flexibility index (Phi) is 5.86. The number of ether oxygens (including phenoxy) is 3. The first-order valence-corrected chi connectivity index (χ1v) is 13.8. The second kappa shape index (κ2) is 9.46. The van der Waals surface area contributed by atoms with Crippen LogP contribution in [-0.4, -0.2) is 50.5 Å². The third kappa shape index (κ3) is 3.65. The van der Waals surface area contributed by atoms with Gasteiger partial charge in [0.1, 0.15) is 23.0 Å². The van der Waals surface area contributed by atoms with Crippen molar-refractivity contribution in [2.75, 3.05) is 34.4 Å². The first kappa shape index (κ1) is 24.8. The van der Waals surface area contributed by atoms with Crippen molar-refractivity contribution in [3.63, 3.8) is 0 Å². The van der Waals surface area contributed by atoms with E-state index in [9.17, 15) is 5.11 Å². The van der Waals surface area contributed by atoms with Crippen LogP contribution in [0, 0.1) is 0 Å². The van der Waals surface area contributed by atoms with E-state index < -0.39 is 5.41 Å². The Morgan fingerprint density at radius 1 is 0.800 bits per heavy atom. The molecule has 8 rings (SSSR count). The fourth-order valence-corrected chi connectivity index (χ4v) is 7.24. The number of aromatic hydroxyl groups is 1. The molecule has 4 aliphatic rings. The average molecular weight is 532 g/mol. The molecule has 5 heteroatoms. The van der Waals surface area contributed by atoms with E-state index >= 15 is 0 Å². The van der Waals surface area contributed by atoms with Gasteiger partial charge in [0.25, 0.3) is 0 Å². The minimum atomic E-state index is -0.463. The number of phenolic OH excluding ortho intramolecular Hbond substituents is 1. The van der Waals surface area contributed by atoms with Crippen LogP contribution in [0.3, 0.4) is 0 Å². The number of benzene rings is 4. The van der Waals surface area contributed by atoms with Gasteiger partial charge in [0, 0.05) is 30.3 Å². The van der Waals surface area contributed by atoms with Gasteiger partial charge in [-0.1, -0.05) is 42.5 Å². The molecule has 3 aliphatic heterocycles. The summed E-state index contributed by atoms with van der Waals surface area (Å²) in [5.74, 6) is 2.84. The first-order chi connectivity index (χ1) is 19.5. The molecule has 4 bridgehead atoms. The van der Waals surface area contributed by atoms with Crippen LogP contribution in [0.1, 0.15) is 27.8 Å². The van der Waals surface area contributed by atoms with Gasteiger partial charge in [-0.15, -0.1) is 0 Å². The van der Waals surface area contributed by atoms with Crippen LogP contribution in [0.5, 0.6) is 23.0 Å². The summed E-state index contributed by atoms with van der Waals surface area (Å²) in [4.78, 5) is 2.63. The standard InChI is InChI=1S/C35H33NO4/c1-38-26-8-5-7-25(18-26)35-20-24-21-36(33(35)17-23-6-4-9-32(40-3)34(23)35)15-14-22-10-12-29(31(37)16-22)28-13-11-27(39-2)19-30(24)28/h4-13,16,18-20,33,37H,14-15,17,21H2,1-3H3/t33-,35+/m0/s1. The van der Waals surface area contributed by atoms with Crippen LogP contribution in [0.4, 0.5) is 0 Å². The highest BCUT2D eigenvalue weighted by molar-refractivity contribution is 5.87. The molecule has 0 saturated carbocycles. The predicted molar refractivity (Wildman–Crippen MR) is 158 cm³/mol. The van der Waals surface area contributed by atoms with Crippen LogP contribution >= 0.6 is 0 Å². The maximum Gasteiger partial charge on any atom is 0.123 e. The third-order valence-electron chi connectivity index (χ3n) is 9.06. The lowest BCUT2D eigenvalue weighted by Crippen LogP contribution is -2.52. The molecule has 0 radical (unpaired) electrons. The van der Waals surface area contributed by atoms with Gasteiger partial charge >= 0.3 is 0 Å². The van der Waals surface area contributed by atoms with Crippen molar-refractivity contribution in [1.29, 1.82) is 0 Å². The highest BCUT2D eigenvalue weighted by Crippen LogP contribution is 2.55. The number of hydrogen-bond donors (Lipinski definition) is 1. The van der Waals surface area contributed by atoms with Gasteiger partial charge in [-0.2, -0.15) is 0 Å². The van der Waals surface area contributed by atoms with Crippen molar-refractivity contribution in [3.8, 4) is 34.1 Å². The zero-order valence-corrected chi connectivity index (χ0v) is 23.1. The van der Waals surface area contributed by atoms with Gasteiger partial charge in [0.2, 0.25) is 0 Å². The SMILES string of the molecule is COc1cccc([C@]23C=C4CN(CCc5ccc(c(O)c5)-c5ccc(OC)cc54)[C@H]2Cc2cccc(OC)c23)c1. The summed E-state index contributed by atoms with van der Waals surface area (Å²) in [6.45, 7) is 1.66. The van der Waals surface area contributed by atoms with Crippen molar-refractivity contribution in [3.05, 3.63) is 113 Å². The fraction of sp³-hybridized carbons (Fsp3) is 0.257. The van der Waals surface area contributed by atoms with E-state index in [0.717, 1.165) is 65.4 Å². The third-order valence-corrected chi connectivity index (χ3v) is 9.06. The molecule has 40 heavy (non-hydrogen) atoms. The molecule has 0 fully saturated rings. The Hall–Kier alpha value is -4.22. The monoisotopic (exact) mass is 531 g/mol. The molecule has 0 aromatic heterocycles. The van der Waals surface area contributed by atoms with E-state index in [0.29, 0.717) is 5.75 Å². The van der Waals surface area contributed by atoms with Crippen molar-refractivity contribution in [2.45, 2.75) is 24.3 Å². The topological polar surface area (TPSA) is 51.2 Å². The van der Waals surface area contributed by atoms with Crippen LogP contribution < -0.4 is 14.2 Å². The summed E-state index contributed by atoms with van der Waals surface area (Å²) in [7, 11) is 5.19. The number of nitrogens with zero attached hydrogens (tertiary/aromatic N) is 1. The largest absolute Gasteiger partial charge is 0.507 e. The van der Waals surface area contributed by atoms with Gasteiger partial charge in [-0.25, -0.2) is 0 Å². The maximum atomic E-state index is 11.1. The lowest BCUT2D eigenvalue weighted by molar-refractivity contribution is 0.176. The zero-order chi connectivity index (χ0) is 27.4. The molecule has 4 aromatic carbocycles. The molecule has 4 aromatic rings. The Balaban J connectivity index is 1.58. The number of hydrogen-bond acceptors (Lipinski definition) is 5. The number of phenols is 1. The highest BCUT2D eigenvalue weighted by Gasteiger charge is 2.53. The summed E-state index contributed by atoms with van der Waals surface area (Å²) in [5, 5.41) is 11.1. The molecule has 0 saturated heterocycles. The van der Waals surface area contributed by atoms with Crippen molar-refractivity contribution < 1.29 is 19.3 Å². The Bertz CT molecular complexity index is 1660. The minimum Gasteiger partial charge on any atom is -0.507 e.